The Bertz CT molecular complexity index is 577. The molecule has 2 amide bonds. The molecule has 0 saturated carbocycles. The molecule has 1 saturated heterocycles. The Morgan fingerprint density at radius 1 is 1.32 bits per heavy atom. The average molecular weight is 277 g/mol. The first-order valence-corrected chi connectivity index (χ1v) is 6.43. The van der Waals surface area contributed by atoms with Crippen molar-refractivity contribution in [3.05, 3.63) is 40.3 Å². The largest absolute Gasteiger partial charge is 0.478 e. The van der Waals surface area contributed by atoms with Crippen LogP contribution in [0.1, 0.15) is 22.8 Å². The summed E-state index contributed by atoms with van der Waals surface area (Å²) in [5.74, 6) is -1.31. The molecule has 98 valence electrons. The number of benzene rings is 1. The molecule has 1 N–H and O–H groups in total. The predicted octanol–water partition coefficient (Wildman–Crippen LogP) is 2.44. The third kappa shape index (κ3) is 2.68. The highest BCUT2D eigenvalue weighted by Crippen LogP contribution is 2.31. The SMILES string of the molecule is CCN1C(=O)S/C(=C\c2ccc(C(=O)O)cc2)C1=O. The van der Waals surface area contributed by atoms with Gasteiger partial charge >= 0.3 is 5.97 Å². The number of hydrogen-bond donors (Lipinski definition) is 1. The third-order valence-corrected chi connectivity index (χ3v) is 3.55. The summed E-state index contributed by atoms with van der Waals surface area (Å²) < 4.78 is 0. The van der Waals surface area contributed by atoms with Gasteiger partial charge in [0.2, 0.25) is 0 Å². The van der Waals surface area contributed by atoms with Crippen molar-refractivity contribution in [2.24, 2.45) is 0 Å². The smallest absolute Gasteiger partial charge is 0.335 e. The van der Waals surface area contributed by atoms with E-state index in [-0.39, 0.29) is 16.7 Å². The van der Waals surface area contributed by atoms with Gasteiger partial charge in [-0.25, -0.2) is 4.79 Å². The van der Waals surface area contributed by atoms with Crippen LogP contribution in [-0.4, -0.2) is 33.7 Å². The van der Waals surface area contributed by atoms with Crippen LogP contribution in [0.5, 0.6) is 0 Å². The topological polar surface area (TPSA) is 74.7 Å². The minimum atomic E-state index is -1.00. The first-order chi connectivity index (χ1) is 9.02. The van der Waals surface area contributed by atoms with Crippen molar-refractivity contribution in [3.8, 4) is 0 Å². The second-order valence-electron chi connectivity index (χ2n) is 3.85. The van der Waals surface area contributed by atoms with Crippen LogP contribution in [0.3, 0.4) is 0 Å². The third-order valence-electron chi connectivity index (χ3n) is 2.65. The van der Waals surface area contributed by atoms with Gasteiger partial charge in [-0.2, -0.15) is 0 Å². The molecule has 0 unspecified atom stereocenters. The number of aromatic carboxylic acids is 1. The lowest BCUT2D eigenvalue weighted by atomic mass is 10.1. The van der Waals surface area contributed by atoms with Gasteiger partial charge in [-0.3, -0.25) is 14.5 Å². The molecule has 1 aromatic carbocycles. The second kappa shape index (κ2) is 5.27. The molecular formula is C13H11NO4S. The Hall–Kier alpha value is -2.08. The Labute approximate surface area is 113 Å². The number of thioether (sulfide) groups is 1. The van der Waals surface area contributed by atoms with E-state index in [9.17, 15) is 14.4 Å². The average Bonchev–Trinajstić information content (AvgIpc) is 2.64. The number of carboxylic acids is 1. The van der Waals surface area contributed by atoms with Crippen LogP contribution in [-0.2, 0) is 4.79 Å². The number of nitrogens with zero attached hydrogens (tertiary/aromatic N) is 1. The lowest BCUT2D eigenvalue weighted by Gasteiger charge is -2.06. The molecule has 0 spiro atoms. The molecule has 0 radical (unpaired) electrons. The summed E-state index contributed by atoms with van der Waals surface area (Å²) in [6.07, 6.45) is 1.59. The summed E-state index contributed by atoms with van der Waals surface area (Å²) >= 11 is 0.894. The summed E-state index contributed by atoms with van der Waals surface area (Å²) in [7, 11) is 0. The molecule has 1 aliphatic rings. The maximum absolute atomic E-state index is 11.8. The van der Waals surface area contributed by atoms with E-state index in [1.165, 1.54) is 17.0 Å². The van der Waals surface area contributed by atoms with E-state index in [0.29, 0.717) is 17.0 Å². The fraction of sp³-hybridized carbons (Fsp3) is 0.154. The summed E-state index contributed by atoms with van der Waals surface area (Å²) in [4.78, 5) is 35.6. The number of carbonyl (C=O) groups is 3. The number of hydrogen-bond acceptors (Lipinski definition) is 4. The quantitative estimate of drug-likeness (QED) is 0.859. The molecule has 0 bridgehead atoms. The van der Waals surface area contributed by atoms with E-state index in [2.05, 4.69) is 0 Å². The monoisotopic (exact) mass is 277 g/mol. The van der Waals surface area contributed by atoms with Crippen LogP contribution in [0, 0.1) is 0 Å². The Morgan fingerprint density at radius 3 is 2.42 bits per heavy atom. The van der Waals surface area contributed by atoms with Gasteiger partial charge < -0.3 is 5.11 Å². The molecule has 5 nitrogen and oxygen atoms in total. The van der Waals surface area contributed by atoms with Crippen molar-refractivity contribution in [1.82, 2.24) is 4.90 Å². The van der Waals surface area contributed by atoms with Crippen molar-refractivity contribution in [2.45, 2.75) is 6.92 Å². The highest BCUT2D eigenvalue weighted by atomic mass is 32.2. The molecule has 0 aliphatic carbocycles. The van der Waals surface area contributed by atoms with E-state index in [0.717, 1.165) is 11.8 Å². The van der Waals surface area contributed by atoms with Crippen LogP contribution in [0.4, 0.5) is 4.79 Å². The number of imide groups is 1. The number of carboxylic acid groups (broad SMARTS) is 1. The maximum Gasteiger partial charge on any atom is 0.335 e. The van der Waals surface area contributed by atoms with Gasteiger partial charge in [0.15, 0.2) is 0 Å². The van der Waals surface area contributed by atoms with Crippen molar-refractivity contribution >= 4 is 35.0 Å². The second-order valence-corrected chi connectivity index (χ2v) is 4.85. The van der Waals surface area contributed by atoms with E-state index in [1.54, 1.807) is 25.1 Å². The zero-order valence-electron chi connectivity index (χ0n) is 10.1. The lowest BCUT2D eigenvalue weighted by Crippen LogP contribution is -2.27. The molecule has 19 heavy (non-hydrogen) atoms. The molecule has 2 rings (SSSR count). The minimum absolute atomic E-state index is 0.179. The van der Waals surface area contributed by atoms with Gasteiger partial charge in [0.25, 0.3) is 11.1 Å². The van der Waals surface area contributed by atoms with Gasteiger partial charge in [-0.15, -0.1) is 0 Å². The maximum atomic E-state index is 11.8. The number of carbonyl (C=O) groups excluding carboxylic acids is 2. The molecule has 1 aliphatic heterocycles. The van der Waals surface area contributed by atoms with E-state index >= 15 is 0 Å². The Balaban J connectivity index is 2.25. The van der Waals surface area contributed by atoms with Crippen LogP contribution in [0.2, 0.25) is 0 Å². The van der Waals surface area contributed by atoms with Crippen LogP contribution in [0.25, 0.3) is 6.08 Å². The zero-order chi connectivity index (χ0) is 14.0. The number of likely N-dealkylation sites (N-methyl/N-ethyl adjacent to an activating group) is 1. The standard InChI is InChI=1S/C13H11NO4S/c1-2-14-11(15)10(19-13(14)18)7-8-3-5-9(6-4-8)12(16)17/h3-7H,2H2,1H3,(H,16,17)/b10-7-. The van der Waals surface area contributed by atoms with E-state index < -0.39 is 5.97 Å². The van der Waals surface area contributed by atoms with Gasteiger partial charge in [0.1, 0.15) is 0 Å². The molecule has 1 heterocycles. The molecule has 0 atom stereocenters. The summed E-state index contributed by atoms with van der Waals surface area (Å²) in [5.41, 5.74) is 0.866. The zero-order valence-corrected chi connectivity index (χ0v) is 10.9. The van der Waals surface area contributed by atoms with Crippen LogP contribution >= 0.6 is 11.8 Å². The summed E-state index contributed by atoms with van der Waals surface area (Å²) in [5, 5.41) is 8.50. The van der Waals surface area contributed by atoms with Crippen molar-refractivity contribution in [2.75, 3.05) is 6.54 Å². The van der Waals surface area contributed by atoms with Crippen LogP contribution < -0.4 is 0 Å². The summed E-state index contributed by atoms with van der Waals surface area (Å²) in [6, 6.07) is 6.11. The fourth-order valence-electron chi connectivity index (χ4n) is 1.65. The molecule has 6 heteroatoms. The molecular weight excluding hydrogens is 266 g/mol. The number of rotatable bonds is 3. The van der Waals surface area contributed by atoms with Gasteiger partial charge in [0.05, 0.1) is 10.5 Å². The first-order valence-electron chi connectivity index (χ1n) is 5.61. The van der Waals surface area contributed by atoms with Crippen molar-refractivity contribution in [3.63, 3.8) is 0 Å². The highest BCUT2D eigenvalue weighted by Gasteiger charge is 2.33. The predicted molar refractivity (Wildman–Crippen MR) is 71.8 cm³/mol. The summed E-state index contributed by atoms with van der Waals surface area (Å²) in [6.45, 7) is 2.08. The minimum Gasteiger partial charge on any atom is -0.478 e. The first kappa shape index (κ1) is 13.4. The highest BCUT2D eigenvalue weighted by molar-refractivity contribution is 8.18. The van der Waals surface area contributed by atoms with Gasteiger partial charge in [-0.1, -0.05) is 12.1 Å². The van der Waals surface area contributed by atoms with Crippen molar-refractivity contribution < 1.29 is 19.5 Å². The fourth-order valence-corrected chi connectivity index (χ4v) is 2.55. The molecule has 1 fully saturated rings. The van der Waals surface area contributed by atoms with Crippen LogP contribution in [0.15, 0.2) is 29.2 Å². The van der Waals surface area contributed by atoms with E-state index in [1.807, 2.05) is 0 Å². The Kier molecular flexibility index (Phi) is 3.71. The molecule has 0 aromatic heterocycles. The number of amides is 2. The lowest BCUT2D eigenvalue weighted by molar-refractivity contribution is -0.122. The molecule has 1 aromatic rings. The van der Waals surface area contributed by atoms with Crippen molar-refractivity contribution in [1.29, 1.82) is 0 Å². The van der Waals surface area contributed by atoms with Gasteiger partial charge in [-0.05, 0) is 42.5 Å². The van der Waals surface area contributed by atoms with E-state index in [4.69, 9.17) is 5.11 Å². The van der Waals surface area contributed by atoms with Gasteiger partial charge in [0, 0.05) is 6.54 Å². The Morgan fingerprint density at radius 2 is 1.95 bits per heavy atom. The normalized spacial score (nSPS) is 17.3.